The number of nitrogens with zero attached hydrogens (tertiary/aromatic N) is 19. The van der Waals surface area contributed by atoms with Gasteiger partial charge in [0.05, 0.1) is 48.6 Å². The minimum absolute atomic E-state index is 0.0324. The smallest absolute Gasteiger partial charge is 0.167 e. The van der Waals surface area contributed by atoms with Gasteiger partial charge in [-0.3, -0.25) is 4.99 Å². The lowest BCUT2D eigenvalue weighted by Gasteiger charge is -2.17. The number of aryl methyl sites for hydroxylation is 2. The standard InChI is InChI=1S/C7H9N3.6C7H7N3/c5*1-6-2-4-8-7-3-5-9-10(6)7;2*1-6-5-9-10-4-2-3-8-7(6)10/h3,5,8H,1-2,4H2;2-5H,1H3;3-5H,1-2H2;2,4-5H,1,3H2;2-5,8H,1H2;2-5H,1H3;2-5,7H,1H2. The third kappa shape index (κ3) is 11.3. The van der Waals surface area contributed by atoms with E-state index >= 15 is 0 Å². The monoisotopic (exact) mass is 933 g/mol. The van der Waals surface area contributed by atoms with Crippen LogP contribution < -0.4 is 10.6 Å². The summed E-state index contributed by atoms with van der Waals surface area (Å²) >= 11 is 0. The van der Waals surface area contributed by atoms with Gasteiger partial charge in [0.1, 0.15) is 17.5 Å². The first-order chi connectivity index (χ1) is 34.1. The Morgan fingerprint density at radius 1 is 0.729 bits per heavy atom. The lowest BCUT2D eigenvalue weighted by Crippen LogP contribution is -2.22. The molecule has 0 saturated carbocycles. The molecule has 21 heteroatoms. The number of rotatable bonds is 0. The predicted molar refractivity (Wildman–Crippen MR) is 278 cm³/mol. The molecule has 0 aliphatic carbocycles. The van der Waals surface area contributed by atoms with Crippen molar-refractivity contribution in [2.45, 2.75) is 39.3 Å². The van der Waals surface area contributed by atoms with Crippen LogP contribution in [0.4, 0.5) is 17.5 Å². The summed E-state index contributed by atoms with van der Waals surface area (Å²) in [5, 5.41) is 38.2. The van der Waals surface area contributed by atoms with Gasteiger partial charge in [-0.25, -0.2) is 53.0 Å². The van der Waals surface area contributed by atoms with Crippen LogP contribution in [0.1, 0.15) is 30.5 Å². The molecule has 70 heavy (non-hydrogen) atoms. The van der Waals surface area contributed by atoms with Gasteiger partial charge in [-0.05, 0) is 44.2 Å². The Morgan fingerprint density at radius 2 is 1.54 bits per heavy atom. The van der Waals surface area contributed by atoms with Gasteiger partial charge < -0.3 is 10.6 Å². The molecule has 7 aromatic heterocycles. The van der Waals surface area contributed by atoms with E-state index in [9.17, 15) is 0 Å². The molecule has 0 radical (unpaired) electrons. The van der Waals surface area contributed by atoms with Gasteiger partial charge in [0.15, 0.2) is 23.3 Å². The van der Waals surface area contributed by atoms with Crippen LogP contribution in [0, 0.1) is 13.8 Å². The normalized spacial score (nSPS) is 16.6. The molecule has 1 unspecified atom stereocenters. The van der Waals surface area contributed by atoms with E-state index in [2.05, 4.69) is 104 Å². The summed E-state index contributed by atoms with van der Waals surface area (Å²) in [5.41, 5.74) is 8.82. The van der Waals surface area contributed by atoms with Crippen LogP contribution in [0.25, 0.3) is 28.4 Å². The molecule has 7 aromatic rings. The zero-order valence-electron chi connectivity index (χ0n) is 38.8. The Bertz CT molecular complexity index is 3270. The van der Waals surface area contributed by atoms with Crippen LogP contribution in [0.5, 0.6) is 0 Å². The molecule has 14 heterocycles. The minimum Gasteiger partial charge on any atom is -0.370 e. The summed E-state index contributed by atoms with van der Waals surface area (Å²) in [4.78, 5) is 20.6. The van der Waals surface area contributed by atoms with Gasteiger partial charge in [0.2, 0.25) is 0 Å². The van der Waals surface area contributed by atoms with Crippen LogP contribution in [-0.4, -0.2) is 112 Å². The maximum atomic E-state index is 4.16. The molecular weight excluding hydrogens is 883 g/mol. The van der Waals surface area contributed by atoms with Gasteiger partial charge in [0.25, 0.3) is 0 Å². The highest BCUT2D eigenvalue weighted by molar-refractivity contribution is 5.99. The number of amidine groups is 1. The molecule has 0 spiro atoms. The third-order valence-electron chi connectivity index (χ3n) is 10.5. The summed E-state index contributed by atoms with van der Waals surface area (Å²) in [7, 11) is 0. The first-order valence-corrected chi connectivity index (χ1v) is 22.0. The molecule has 0 bridgehead atoms. The quantitative estimate of drug-likeness (QED) is 0.150. The summed E-state index contributed by atoms with van der Waals surface area (Å²) < 4.78 is 8.90. The van der Waals surface area contributed by atoms with Gasteiger partial charge in [-0.1, -0.05) is 32.9 Å². The number of anilines is 2. The van der Waals surface area contributed by atoms with Crippen molar-refractivity contribution in [1.82, 2.24) is 68.6 Å². The number of hydrogen-bond acceptors (Lipinski definition) is 16. The predicted octanol–water partition coefficient (Wildman–Crippen LogP) is 7.88. The van der Waals surface area contributed by atoms with Crippen molar-refractivity contribution in [2.24, 2.45) is 25.2 Å². The number of allylic oxidation sites excluding steroid dienone is 5. The van der Waals surface area contributed by atoms with Gasteiger partial charge in [0, 0.05) is 134 Å². The van der Waals surface area contributed by atoms with Crippen molar-refractivity contribution in [3.63, 3.8) is 0 Å². The average molecular weight is 934 g/mol. The van der Waals surface area contributed by atoms with Gasteiger partial charge in [-0.2, -0.15) is 35.7 Å². The first-order valence-electron chi connectivity index (χ1n) is 22.0. The highest BCUT2D eigenvalue weighted by atomic mass is 15.5. The second-order valence-electron chi connectivity index (χ2n) is 15.4. The van der Waals surface area contributed by atoms with E-state index in [4.69, 9.17) is 0 Å². The molecule has 14 rings (SSSR count). The second-order valence-corrected chi connectivity index (χ2v) is 15.4. The van der Waals surface area contributed by atoms with Crippen molar-refractivity contribution in [1.29, 1.82) is 0 Å². The topological polar surface area (TPSA) is 206 Å². The van der Waals surface area contributed by atoms with Gasteiger partial charge in [-0.15, -0.1) is 0 Å². The van der Waals surface area contributed by atoms with E-state index in [0.29, 0.717) is 0 Å². The molecule has 21 nitrogen and oxygen atoms in total. The van der Waals surface area contributed by atoms with E-state index < -0.39 is 0 Å². The molecule has 7 aliphatic rings. The molecule has 0 aromatic carbocycles. The second kappa shape index (κ2) is 22.2. The molecule has 0 saturated heterocycles. The van der Waals surface area contributed by atoms with Crippen LogP contribution in [0.3, 0.4) is 0 Å². The number of hydrazone groups is 2. The number of aliphatic imine (C=N–C) groups is 3. The molecule has 2 N–H and O–H groups in total. The average Bonchev–Trinajstić information content (AvgIpc) is 4.24. The van der Waals surface area contributed by atoms with Crippen molar-refractivity contribution < 1.29 is 0 Å². The molecule has 352 valence electrons. The zero-order valence-corrected chi connectivity index (χ0v) is 38.8. The fourth-order valence-electron chi connectivity index (χ4n) is 6.90. The summed E-state index contributed by atoms with van der Waals surface area (Å²) in [6.45, 7) is 24.1. The number of aromatic nitrogens is 12. The molecule has 0 fully saturated rings. The zero-order chi connectivity index (χ0) is 48.8. The molecular formula is C49H51N21. The summed E-state index contributed by atoms with van der Waals surface area (Å²) in [6, 6.07) is 11.4. The van der Waals surface area contributed by atoms with E-state index in [1.165, 1.54) is 0 Å². The fourth-order valence-corrected chi connectivity index (χ4v) is 6.90. The fraction of sp³-hybridized carbons (Fsp3) is 0.143. The van der Waals surface area contributed by atoms with Crippen molar-refractivity contribution in [3.05, 3.63) is 178 Å². The van der Waals surface area contributed by atoms with Crippen molar-refractivity contribution >= 4 is 76.5 Å². The molecule has 0 amide bonds. The van der Waals surface area contributed by atoms with Crippen molar-refractivity contribution in [2.75, 3.05) is 17.2 Å². The Kier molecular flexibility index (Phi) is 14.9. The maximum Gasteiger partial charge on any atom is 0.167 e. The number of nitrogens with one attached hydrogen (secondary N) is 2. The van der Waals surface area contributed by atoms with Crippen molar-refractivity contribution in [3.8, 4) is 0 Å². The molecule has 7 aliphatic heterocycles. The lowest BCUT2D eigenvalue weighted by molar-refractivity contribution is 0.357. The van der Waals surface area contributed by atoms with Gasteiger partial charge >= 0.3 is 0 Å². The summed E-state index contributed by atoms with van der Waals surface area (Å²) in [6.07, 6.45) is 35.1. The number of fused-ring (bicyclic) bond motifs is 7. The SMILES string of the molecule is C=C1C=CN=C2CC=NN12.C=C1C=CNc2ccnn21.C=C1C=NN2C=CC=NC12.C=C1CC=Nc2ccnn21.C=C1CCNc2ccnn21.Cc1ccnc2ccnn12.Cc1cnn2cccnc12. The summed E-state index contributed by atoms with van der Waals surface area (Å²) in [5.74, 6) is 3.85. The number of hydrogen-bond donors (Lipinski definition) is 2. The van der Waals surface area contributed by atoms with Crippen LogP contribution in [0.15, 0.2) is 192 Å². The largest absolute Gasteiger partial charge is 0.370 e. The Morgan fingerprint density at radius 3 is 2.33 bits per heavy atom. The first kappa shape index (κ1) is 46.9. The highest BCUT2D eigenvalue weighted by Crippen LogP contribution is 2.22. The third-order valence-corrected chi connectivity index (χ3v) is 10.5. The minimum atomic E-state index is 0.0324. The van der Waals surface area contributed by atoms with Crippen LogP contribution in [0.2, 0.25) is 0 Å². The maximum absolute atomic E-state index is 4.16. The Balaban J connectivity index is 0.000000110. The molecule has 1 atom stereocenters. The van der Waals surface area contributed by atoms with Crippen LogP contribution in [-0.2, 0) is 0 Å². The lowest BCUT2D eigenvalue weighted by atomic mass is 10.2. The van der Waals surface area contributed by atoms with E-state index in [1.54, 1.807) is 84.2 Å². The van der Waals surface area contributed by atoms with E-state index in [1.807, 2.05) is 110 Å². The Hall–Kier alpha value is -9.66. The van der Waals surface area contributed by atoms with E-state index in [-0.39, 0.29) is 6.17 Å². The highest BCUT2D eigenvalue weighted by Gasteiger charge is 2.22. The van der Waals surface area contributed by atoms with Crippen LogP contribution >= 0.6 is 0 Å². The van der Waals surface area contributed by atoms with E-state index in [0.717, 1.165) is 100 Å². The Labute approximate surface area is 403 Å².